The number of imidazole rings is 1. The lowest BCUT2D eigenvalue weighted by atomic mass is 10.5. The number of H-pyrrole nitrogens is 2. The Labute approximate surface area is 81.4 Å². The van der Waals surface area contributed by atoms with Crippen LogP contribution in [0.25, 0.3) is 11.6 Å². The predicted octanol–water partition coefficient (Wildman–Crippen LogP) is 0.922. The summed E-state index contributed by atoms with van der Waals surface area (Å²) in [5.41, 5.74) is -0.221. The molecule has 0 aliphatic heterocycles. The molecule has 13 heavy (non-hydrogen) atoms. The van der Waals surface area contributed by atoms with E-state index in [1.54, 1.807) is 12.4 Å². The number of nitrogens with one attached hydrogen (secondary N) is 2. The Hall–Kier alpha value is -1.43. The number of aromatic nitrogens is 4. The van der Waals surface area contributed by atoms with Crippen molar-refractivity contribution < 1.29 is 0 Å². The maximum absolute atomic E-state index is 11.2. The molecular formula is C7H5BrN4O. The van der Waals surface area contributed by atoms with Crippen LogP contribution < -0.4 is 5.56 Å². The van der Waals surface area contributed by atoms with Crippen LogP contribution in [-0.4, -0.2) is 19.9 Å². The molecule has 66 valence electrons. The van der Waals surface area contributed by atoms with Gasteiger partial charge in [-0.25, -0.2) is 9.97 Å². The average Bonchev–Trinajstić information content (AvgIpc) is 2.62. The van der Waals surface area contributed by atoms with Crippen molar-refractivity contribution in [2.75, 3.05) is 0 Å². The fraction of sp³-hybridized carbons (Fsp3) is 0. The fourth-order valence-electron chi connectivity index (χ4n) is 0.894. The molecule has 6 heteroatoms. The SMILES string of the molecule is O=c1[nH]c(-c2ncc[nH]2)ncc1Br. The third-order valence-corrected chi connectivity index (χ3v) is 2.04. The molecule has 2 heterocycles. The monoisotopic (exact) mass is 240 g/mol. The Morgan fingerprint density at radius 3 is 2.77 bits per heavy atom. The van der Waals surface area contributed by atoms with Crippen LogP contribution in [0.15, 0.2) is 27.9 Å². The van der Waals surface area contributed by atoms with Gasteiger partial charge in [-0.05, 0) is 15.9 Å². The third-order valence-electron chi connectivity index (χ3n) is 1.48. The molecule has 0 amide bonds. The summed E-state index contributed by atoms with van der Waals surface area (Å²) in [6, 6.07) is 0. The van der Waals surface area contributed by atoms with Gasteiger partial charge in [0.2, 0.25) is 0 Å². The summed E-state index contributed by atoms with van der Waals surface area (Å²) >= 11 is 3.06. The highest BCUT2D eigenvalue weighted by Crippen LogP contribution is 2.06. The van der Waals surface area contributed by atoms with Gasteiger partial charge in [-0.3, -0.25) is 4.79 Å². The molecule has 2 rings (SSSR count). The number of hydrogen-bond acceptors (Lipinski definition) is 3. The second kappa shape index (κ2) is 3.14. The van der Waals surface area contributed by atoms with E-state index in [-0.39, 0.29) is 5.56 Å². The van der Waals surface area contributed by atoms with Crippen molar-refractivity contribution in [3.8, 4) is 11.6 Å². The molecule has 0 saturated heterocycles. The largest absolute Gasteiger partial charge is 0.342 e. The summed E-state index contributed by atoms with van der Waals surface area (Å²) in [4.78, 5) is 24.5. The van der Waals surface area contributed by atoms with Crippen molar-refractivity contribution in [1.29, 1.82) is 0 Å². The Morgan fingerprint density at radius 2 is 2.15 bits per heavy atom. The minimum Gasteiger partial charge on any atom is -0.342 e. The van der Waals surface area contributed by atoms with Crippen LogP contribution in [0.3, 0.4) is 0 Å². The molecule has 0 unspecified atom stereocenters. The first-order chi connectivity index (χ1) is 6.27. The smallest absolute Gasteiger partial charge is 0.265 e. The second-order valence-electron chi connectivity index (χ2n) is 2.35. The highest BCUT2D eigenvalue weighted by Gasteiger charge is 2.03. The van der Waals surface area contributed by atoms with E-state index in [1.165, 1.54) is 6.20 Å². The zero-order chi connectivity index (χ0) is 9.26. The molecule has 0 fully saturated rings. The number of rotatable bonds is 1. The van der Waals surface area contributed by atoms with E-state index in [0.717, 1.165) is 0 Å². The van der Waals surface area contributed by atoms with E-state index in [0.29, 0.717) is 16.1 Å². The van der Waals surface area contributed by atoms with Gasteiger partial charge in [0, 0.05) is 18.6 Å². The average molecular weight is 241 g/mol. The van der Waals surface area contributed by atoms with Gasteiger partial charge < -0.3 is 9.97 Å². The summed E-state index contributed by atoms with van der Waals surface area (Å²) in [6.45, 7) is 0. The summed E-state index contributed by atoms with van der Waals surface area (Å²) in [6.07, 6.45) is 4.70. The molecule has 0 aliphatic rings. The highest BCUT2D eigenvalue weighted by atomic mass is 79.9. The molecule has 5 nitrogen and oxygen atoms in total. The van der Waals surface area contributed by atoms with Crippen molar-refractivity contribution >= 4 is 15.9 Å². The Balaban J connectivity index is 2.55. The number of hydrogen-bond donors (Lipinski definition) is 2. The molecule has 0 aromatic carbocycles. The molecule has 2 aromatic rings. The van der Waals surface area contributed by atoms with Gasteiger partial charge in [0.25, 0.3) is 5.56 Å². The molecule has 0 bridgehead atoms. The normalized spacial score (nSPS) is 10.2. The molecular weight excluding hydrogens is 236 g/mol. The molecule has 0 saturated carbocycles. The van der Waals surface area contributed by atoms with Crippen LogP contribution in [0.2, 0.25) is 0 Å². The van der Waals surface area contributed by atoms with Crippen LogP contribution in [0.4, 0.5) is 0 Å². The number of nitrogens with zero attached hydrogens (tertiary/aromatic N) is 2. The van der Waals surface area contributed by atoms with Crippen LogP contribution >= 0.6 is 15.9 Å². The molecule has 2 aromatic heterocycles. The number of halogens is 1. The topological polar surface area (TPSA) is 74.4 Å². The maximum Gasteiger partial charge on any atom is 0.265 e. The maximum atomic E-state index is 11.2. The van der Waals surface area contributed by atoms with Gasteiger partial charge >= 0.3 is 0 Å². The highest BCUT2D eigenvalue weighted by molar-refractivity contribution is 9.10. The summed E-state index contributed by atoms with van der Waals surface area (Å²) < 4.78 is 0.405. The van der Waals surface area contributed by atoms with Gasteiger partial charge in [-0.1, -0.05) is 0 Å². The molecule has 0 atom stereocenters. The number of aromatic amines is 2. The zero-order valence-corrected chi connectivity index (χ0v) is 8.00. The van der Waals surface area contributed by atoms with Gasteiger partial charge in [0.15, 0.2) is 11.6 Å². The first kappa shape index (κ1) is 8.18. The fourth-order valence-corrected chi connectivity index (χ4v) is 1.10. The van der Waals surface area contributed by atoms with E-state index in [2.05, 4.69) is 35.9 Å². The van der Waals surface area contributed by atoms with Crippen molar-refractivity contribution in [2.24, 2.45) is 0 Å². The molecule has 0 radical (unpaired) electrons. The molecule has 0 spiro atoms. The lowest BCUT2D eigenvalue weighted by molar-refractivity contribution is 1.07. The quantitative estimate of drug-likeness (QED) is 0.779. The van der Waals surface area contributed by atoms with Gasteiger partial charge in [-0.15, -0.1) is 0 Å². The Bertz CT molecular complexity index is 462. The van der Waals surface area contributed by atoms with Crippen LogP contribution in [-0.2, 0) is 0 Å². The first-order valence-corrected chi connectivity index (χ1v) is 4.31. The van der Waals surface area contributed by atoms with Crippen molar-refractivity contribution in [3.05, 3.63) is 33.4 Å². The van der Waals surface area contributed by atoms with Crippen molar-refractivity contribution in [1.82, 2.24) is 19.9 Å². The van der Waals surface area contributed by atoms with Crippen LogP contribution in [0, 0.1) is 0 Å². The lowest BCUT2D eigenvalue weighted by Gasteiger charge is -1.94. The van der Waals surface area contributed by atoms with E-state index >= 15 is 0 Å². The molecule has 0 aliphatic carbocycles. The molecule has 2 N–H and O–H groups in total. The Morgan fingerprint density at radius 1 is 1.31 bits per heavy atom. The summed E-state index contributed by atoms with van der Waals surface area (Å²) in [5.74, 6) is 0.975. The van der Waals surface area contributed by atoms with Gasteiger partial charge in [0.1, 0.15) is 4.47 Å². The second-order valence-corrected chi connectivity index (χ2v) is 3.20. The van der Waals surface area contributed by atoms with E-state index in [4.69, 9.17) is 0 Å². The first-order valence-electron chi connectivity index (χ1n) is 3.52. The third kappa shape index (κ3) is 1.52. The van der Waals surface area contributed by atoms with Crippen LogP contribution in [0.1, 0.15) is 0 Å². The summed E-state index contributed by atoms with van der Waals surface area (Å²) in [5, 5.41) is 0. The lowest BCUT2D eigenvalue weighted by Crippen LogP contribution is -2.09. The van der Waals surface area contributed by atoms with Gasteiger partial charge in [-0.2, -0.15) is 0 Å². The van der Waals surface area contributed by atoms with E-state index in [9.17, 15) is 4.79 Å². The van der Waals surface area contributed by atoms with Crippen LogP contribution in [0.5, 0.6) is 0 Å². The summed E-state index contributed by atoms with van der Waals surface area (Å²) in [7, 11) is 0. The van der Waals surface area contributed by atoms with E-state index in [1.807, 2.05) is 0 Å². The minimum absolute atomic E-state index is 0.221. The van der Waals surface area contributed by atoms with E-state index < -0.39 is 0 Å². The zero-order valence-electron chi connectivity index (χ0n) is 6.41. The van der Waals surface area contributed by atoms with Crippen molar-refractivity contribution in [2.45, 2.75) is 0 Å². The standard InChI is InChI=1S/C7H5BrN4O/c8-4-3-11-6(12-7(4)13)5-9-1-2-10-5/h1-3H,(H,9,10)(H,11,12,13). The van der Waals surface area contributed by atoms with Crippen molar-refractivity contribution in [3.63, 3.8) is 0 Å². The Kier molecular flexibility index (Phi) is 1.97. The van der Waals surface area contributed by atoms with Gasteiger partial charge in [0.05, 0.1) is 0 Å². The minimum atomic E-state index is -0.221. The predicted molar refractivity (Wildman–Crippen MR) is 50.1 cm³/mol.